The van der Waals surface area contributed by atoms with E-state index >= 15 is 0 Å². The molecule has 6 heteroatoms. The Kier molecular flexibility index (Phi) is 6.23. The molecule has 0 saturated carbocycles. The molecule has 0 spiro atoms. The van der Waals surface area contributed by atoms with E-state index in [1.165, 1.54) is 0 Å². The third-order valence-electron chi connectivity index (χ3n) is 0.274. The van der Waals surface area contributed by atoms with E-state index in [1.807, 2.05) is 0 Å². The van der Waals surface area contributed by atoms with E-state index in [4.69, 9.17) is 14.4 Å². The van der Waals surface area contributed by atoms with Crippen molar-refractivity contribution >= 4 is 38.6 Å². The zero-order valence-electron chi connectivity index (χ0n) is 4.25. The summed E-state index contributed by atoms with van der Waals surface area (Å²) in [4.78, 5) is 23.6. The molecule has 0 aliphatic carbocycles. The monoisotopic (exact) mass is 133 g/mol. The molecular weight excluding hydrogens is 127 g/mol. The quantitative estimate of drug-likeness (QED) is 0.351. The van der Waals surface area contributed by atoms with Gasteiger partial charge in [0.15, 0.2) is 0 Å². The fourth-order valence-electron chi connectivity index (χ4n) is 0. The van der Waals surface area contributed by atoms with Crippen LogP contribution < -0.4 is 0 Å². The van der Waals surface area contributed by atoms with Crippen LogP contribution in [0.25, 0.3) is 0 Å². The van der Waals surface area contributed by atoms with Crippen LogP contribution in [0.15, 0.2) is 0 Å². The third-order valence-corrected chi connectivity index (χ3v) is 0.822. The molecule has 39 valence electrons. The van der Waals surface area contributed by atoms with E-state index in [1.54, 1.807) is 0 Å². The van der Waals surface area contributed by atoms with Crippen molar-refractivity contribution in [2.75, 3.05) is 7.11 Å². The molecule has 0 saturated heterocycles. The molecule has 7 heavy (non-hydrogen) atoms. The molecule has 1 radical (unpaired) electrons. The van der Waals surface area contributed by atoms with E-state index in [0.29, 0.717) is 0 Å². The summed E-state index contributed by atoms with van der Waals surface area (Å²) in [7, 11) is -3.11. The van der Waals surface area contributed by atoms with Gasteiger partial charge >= 0.3 is 9.05 Å². The Hall–Kier alpha value is 1.06. The first-order chi connectivity index (χ1) is 2.56. The van der Waals surface area contributed by atoms with Gasteiger partial charge in [0.1, 0.15) is 0 Å². The molecule has 0 rings (SSSR count). The summed E-state index contributed by atoms with van der Waals surface area (Å²) in [5.74, 6) is 0. The Morgan fingerprint density at radius 3 is 1.43 bits per heavy atom. The van der Waals surface area contributed by atoms with Gasteiger partial charge in [-0.3, -0.25) is 0 Å². The van der Waals surface area contributed by atoms with Gasteiger partial charge in [0.25, 0.3) is 0 Å². The topological polar surface area (TPSA) is 69.9 Å². The van der Waals surface area contributed by atoms with Crippen molar-refractivity contribution in [3.63, 3.8) is 0 Å². The van der Waals surface area contributed by atoms with E-state index in [-0.39, 0.29) is 29.6 Å². The molecule has 3 N–H and O–H groups in total. The van der Waals surface area contributed by atoms with Crippen molar-refractivity contribution in [2.24, 2.45) is 0 Å². The SMILES string of the molecule is CO[Si](O)(O)O.[Na]. The predicted molar refractivity (Wildman–Crippen MR) is 25.2 cm³/mol. The maximum atomic E-state index is 7.85. The van der Waals surface area contributed by atoms with Crippen molar-refractivity contribution in [3.05, 3.63) is 0 Å². The maximum absolute atomic E-state index is 7.85. The van der Waals surface area contributed by atoms with Crippen molar-refractivity contribution in [3.8, 4) is 0 Å². The average molecular weight is 133 g/mol. The van der Waals surface area contributed by atoms with Gasteiger partial charge in [-0.1, -0.05) is 0 Å². The summed E-state index contributed by atoms with van der Waals surface area (Å²) in [5.41, 5.74) is 0. The molecule has 0 aliphatic heterocycles. The van der Waals surface area contributed by atoms with Gasteiger partial charge in [0, 0.05) is 36.7 Å². The van der Waals surface area contributed by atoms with Crippen LogP contribution in [0.3, 0.4) is 0 Å². The fraction of sp³-hybridized carbons (Fsp3) is 1.00. The molecule has 0 aromatic heterocycles. The van der Waals surface area contributed by atoms with Crippen molar-refractivity contribution < 1.29 is 18.8 Å². The van der Waals surface area contributed by atoms with Crippen LogP contribution in [0.1, 0.15) is 0 Å². The van der Waals surface area contributed by atoms with Gasteiger partial charge in [-0.25, -0.2) is 0 Å². The summed E-state index contributed by atoms with van der Waals surface area (Å²) in [5, 5.41) is 0. The van der Waals surface area contributed by atoms with E-state index in [9.17, 15) is 0 Å². The molecule has 4 nitrogen and oxygen atoms in total. The second-order valence-corrected chi connectivity index (χ2v) is 2.33. The molecule has 0 aliphatic rings. The molecule has 0 amide bonds. The second kappa shape index (κ2) is 3.99. The van der Waals surface area contributed by atoms with Crippen LogP contribution >= 0.6 is 0 Å². The number of rotatable bonds is 1. The van der Waals surface area contributed by atoms with Crippen molar-refractivity contribution in [2.45, 2.75) is 0 Å². The van der Waals surface area contributed by atoms with Gasteiger partial charge in [-0.05, 0) is 0 Å². The first kappa shape index (κ1) is 10.9. The smallest absolute Gasteiger partial charge is 0.368 e. The van der Waals surface area contributed by atoms with Gasteiger partial charge in [0.05, 0.1) is 0 Å². The van der Waals surface area contributed by atoms with E-state index in [0.717, 1.165) is 7.11 Å². The van der Waals surface area contributed by atoms with Crippen LogP contribution in [0.4, 0.5) is 0 Å². The number of hydrogen-bond acceptors (Lipinski definition) is 4. The molecular formula is CH6NaO4Si. The van der Waals surface area contributed by atoms with Crippen LogP contribution in [-0.4, -0.2) is 60.1 Å². The zero-order chi connectivity index (χ0) is 5.21. The summed E-state index contributed by atoms with van der Waals surface area (Å²) >= 11 is 0. The van der Waals surface area contributed by atoms with Gasteiger partial charge < -0.3 is 18.8 Å². The first-order valence-electron chi connectivity index (χ1n) is 1.28. The number of hydrogen-bond donors (Lipinski definition) is 3. The zero-order valence-corrected chi connectivity index (χ0v) is 7.25. The summed E-state index contributed by atoms with van der Waals surface area (Å²) in [6.45, 7) is 0. The summed E-state index contributed by atoms with van der Waals surface area (Å²) in [6.07, 6.45) is 0. The summed E-state index contributed by atoms with van der Waals surface area (Å²) in [6, 6.07) is 0. The Morgan fingerprint density at radius 2 is 1.43 bits per heavy atom. The Morgan fingerprint density at radius 1 is 1.29 bits per heavy atom. The average Bonchev–Trinajstić information content (AvgIpc) is 1.35. The molecule has 0 heterocycles. The molecule has 0 atom stereocenters. The van der Waals surface area contributed by atoms with Gasteiger partial charge in [-0.15, -0.1) is 0 Å². The fourth-order valence-corrected chi connectivity index (χ4v) is 0. The predicted octanol–water partition coefficient (Wildman–Crippen LogP) is -2.34. The van der Waals surface area contributed by atoms with Crippen LogP contribution in [0.2, 0.25) is 0 Å². The summed E-state index contributed by atoms with van der Waals surface area (Å²) < 4.78 is 3.74. The van der Waals surface area contributed by atoms with Crippen molar-refractivity contribution in [1.82, 2.24) is 0 Å². The standard InChI is InChI=1S/CH6O4Si.Na/c1-5-6(2,3)4;/h2-4H,1H3;. The molecule has 0 fully saturated rings. The minimum atomic E-state index is -4.13. The Balaban J connectivity index is 0. The normalized spacial score (nSPS) is 10.3. The first-order valence-corrected chi connectivity index (χ1v) is 3.03. The van der Waals surface area contributed by atoms with E-state index in [2.05, 4.69) is 4.43 Å². The third kappa shape index (κ3) is 11.0. The van der Waals surface area contributed by atoms with E-state index < -0.39 is 9.05 Å². The van der Waals surface area contributed by atoms with Gasteiger partial charge in [-0.2, -0.15) is 0 Å². The van der Waals surface area contributed by atoms with Crippen LogP contribution in [0, 0.1) is 0 Å². The molecule has 0 aromatic carbocycles. The Labute approximate surface area is 64.5 Å². The van der Waals surface area contributed by atoms with Gasteiger partial charge in [0.2, 0.25) is 0 Å². The Bertz CT molecular complexity index is 41.4. The molecule has 0 bridgehead atoms. The minimum absolute atomic E-state index is 0. The molecule has 0 aromatic rings. The molecule has 0 unspecified atom stereocenters. The second-order valence-electron chi connectivity index (χ2n) is 0.778. The maximum Gasteiger partial charge on any atom is 0.671 e. The van der Waals surface area contributed by atoms with Crippen LogP contribution in [0.5, 0.6) is 0 Å². The van der Waals surface area contributed by atoms with Crippen molar-refractivity contribution in [1.29, 1.82) is 0 Å². The van der Waals surface area contributed by atoms with Crippen LogP contribution in [-0.2, 0) is 4.43 Å². The minimum Gasteiger partial charge on any atom is -0.368 e. The largest absolute Gasteiger partial charge is 0.671 e.